The molecule has 0 unspecified atom stereocenters. The van der Waals surface area contributed by atoms with E-state index in [0.717, 1.165) is 17.7 Å². The fourth-order valence-electron chi connectivity index (χ4n) is 3.52. The first-order valence-corrected chi connectivity index (χ1v) is 12.7. The van der Waals surface area contributed by atoms with Gasteiger partial charge >= 0.3 is 0 Å². The van der Waals surface area contributed by atoms with E-state index in [1.807, 2.05) is 23.1 Å². The summed E-state index contributed by atoms with van der Waals surface area (Å²) in [5, 5.41) is 4.71. The Kier molecular flexibility index (Phi) is 7.13. The maximum absolute atomic E-state index is 13.4. The van der Waals surface area contributed by atoms with Crippen molar-refractivity contribution in [1.29, 1.82) is 0 Å². The summed E-state index contributed by atoms with van der Waals surface area (Å²) in [6.07, 6.45) is 0. The summed E-state index contributed by atoms with van der Waals surface area (Å²) in [4.78, 5) is 18.6. The molecule has 33 heavy (non-hydrogen) atoms. The summed E-state index contributed by atoms with van der Waals surface area (Å²) in [6.45, 7) is 1.63. The number of carbonyl (C=O) groups excluding carboxylic acids is 1. The summed E-state index contributed by atoms with van der Waals surface area (Å²) in [6, 6.07) is 12.5. The van der Waals surface area contributed by atoms with E-state index in [1.165, 1.54) is 21.7 Å². The maximum Gasteiger partial charge on any atom is 0.240 e. The van der Waals surface area contributed by atoms with Crippen molar-refractivity contribution < 1.29 is 22.0 Å². The molecule has 1 amide bonds. The lowest BCUT2D eigenvalue weighted by Gasteiger charge is -2.33. The smallest absolute Gasteiger partial charge is 0.240 e. The quantitative estimate of drug-likeness (QED) is 0.548. The van der Waals surface area contributed by atoms with Crippen molar-refractivity contribution in [2.45, 2.75) is 5.75 Å². The molecule has 0 atom stereocenters. The molecule has 1 aliphatic rings. The van der Waals surface area contributed by atoms with E-state index >= 15 is 0 Å². The van der Waals surface area contributed by atoms with Crippen molar-refractivity contribution in [3.05, 3.63) is 71.1 Å². The zero-order chi connectivity index (χ0) is 23.4. The first-order chi connectivity index (χ1) is 15.8. The number of anilines is 1. The minimum Gasteiger partial charge on any atom is -0.301 e. The van der Waals surface area contributed by atoms with Gasteiger partial charge in [0.1, 0.15) is 0 Å². The molecule has 0 saturated carbocycles. The first-order valence-electron chi connectivity index (χ1n) is 10.2. The Morgan fingerprint density at radius 2 is 1.76 bits per heavy atom. The summed E-state index contributed by atoms with van der Waals surface area (Å²) < 4.78 is 53.3. The lowest BCUT2D eigenvalue weighted by atomic mass is 10.2. The molecule has 1 fully saturated rings. The number of piperazine rings is 1. The van der Waals surface area contributed by atoms with Crippen molar-refractivity contribution in [3.8, 4) is 11.3 Å². The third kappa shape index (κ3) is 5.99. The van der Waals surface area contributed by atoms with Crippen molar-refractivity contribution in [1.82, 2.24) is 14.2 Å². The number of thiazole rings is 1. The molecule has 0 aliphatic carbocycles. The lowest BCUT2D eigenvalue weighted by Crippen LogP contribution is -2.50. The Hall–Kier alpha value is -2.73. The normalized spacial score (nSPS) is 15.5. The number of halogens is 2. The van der Waals surface area contributed by atoms with Gasteiger partial charge in [-0.15, -0.1) is 11.3 Å². The highest BCUT2D eigenvalue weighted by molar-refractivity contribution is 7.88. The predicted molar refractivity (Wildman–Crippen MR) is 123 cm³/mol. The molecule has 174 valence electrons. The summed E-state index contributed by atoms with van der Waals surface area (Å²) >= 11 is 1.18. The first kappa shape index (κ1) is 23.4. The molecule has 2 heterocycles. The monoisotopic (exact) mass is 492 g/mol. The van der Waals surface area contributed by atoms with Gasteiger partial charge in [0.15, 0.2) is 16.8 Å². The molecule has 1 aliphatic heterocycles. The van der Waals surface area contributed by atoms with Crippen LogP contribution in [-0.4, -0.2) is 61.2 Å². The van der Waals surface area contributed by atoms with Crippen molar-refractivity contribution in [2.24, 2.45) is 0 Å². The number of hydrogen-bond donors (Lipinski definition) is 1. The summed E-state index contributed by atoms with van der Waals surface area (Å²) in [7, 11) is -3.42. The van der Waals surface area contributed by atoms with E-state index in [9.17, 15) is 22.0 Å². The molecule has 2 aromatic carbocycles. The number of nitrogens with zero attached hydrogens (tertiary/aromatic N) is 3. The number of hydrogen-bond acceptors (Lipinski definition) is 6. The largest absolute Gasteiger partial charge is 0.301 e. The van der Waals surface area contributed by atoms with Crippen molar-refractivity contribution in [3.63, 3.8) is 0 Å². The number of aromatic nitrogens is 1. The minimum absolute atomic E-state index is 0.0430. The van der Waals surface area contributed by atoms with Crippen LogP contribution in [0.5, 0.6) is 0 Å². The number of carbonyl (C=O) groups is 1. The van der Waals surface area contributed by atoms with Crippen LogP contribution in [0.1, 0.15) is 5.56 Å². The fraction of sp³-hybridized carbons (Fsp3) is 0.273. The zero-order valence-electron chi connectivity index (χ0n) is 17.6. The molecule has 11 heteroatoms. The van der Waals surface area contributed by atoms with Crippen LogP contribution in [-0.2, 0) is 20.6 Å². The Bertz CT molecular complexity index is 1230. The van der Waals surface area contributed by atoms with E-state index in [2.05, 4.69) is 10.3 Å². The van der Waals surface area contributed by atoms with Crippen LogP contribution >= 0.6 is 11.3 Å². The van der Waals surface area contributed by atoms with Gasteiger partial charge in [-0.3, -0.25) is 9.69 Å². The number of benzene rings is 2. The summed E-state index contributed by atoms with van der Waals surface area (Å²) in [5.74, 6) is -2.22. The van der Waals surface area contributed by atoms with Crippen molar-refractivity contribution >= 4 is 32.4 Å². The summed E-state index contributed by atoms with van der Waals surface area (Å²) in [5.41, 5.74) is 1.59. The topological polar surface area (TPSA) is 82.6 Å². The van der Waals surface area contributed by atoms with Crippen molar-refractivity contribution in [2.75, 3.05) is 38.0 Å². The van der Waals surface area contributed by atoms with E-state index in [-0.39, 0.29) is 18.2 Å². The average molecular weight is 493 g/mol. The molecule has 0 spiro atoms. The Morgan fingerprint density at radius 3 is 2.45 bits per heavy atom. The lowest BCUT2D eigenvalue weighted by molar-refractivity contribution is -0.117. The van der Waals surface area contributed by atoms with Crippen LogP contribution in [0.25, 0.3) is 11.3 Å². The number of sulfonamides is 1. The van der Waals surface area contributed by atoms with Gasteiger partial charge in [-0.2, -0.15) is 4.31 Å². The second kappa shape index (κ2) is 10.0. The minimum atomic E-state index is -3.42. The molecule has 1 saturated heterocycles. The van der Waals surface area contributed by atoms with E-state index in [0.29, 0.717) is 42.6 Å². The molecule has 1 aromatic heterocycles. The highest BCUT2D eigenvalue weighted by atomic mass is 32.2. The fourth-order valence-corrected chi connectivity index (χ4v) is 5.77. The van der Waals surface area contributed by atoms with Gasteiger partial charge in [0, 0.05) is 37.1 Å². The van der Waals surface area contributed by atoms with Gasteiger partial charge in [-0.05, 0) is 23.8 Å². The second-order valence-electron chi connectivity index (χ2n) is 7.63. The van der Waals surface area contributed by atoms with Crippen LogP contribution in [0.4, 0.5) is 13.9 Å². The molecule has 3 aromatic rings. The van der Waals surface area contributed by atoms with E-state index in [1.54, 1.807) is 17.5 Å². The number of nitrogens with one attached hydrogen (secondary N) is 1. The van der Waals surface area contributed by atoms with Crippen LogP contribution in [0.3, 0.4) is 0 Å². The van der Waals surface area contributed by atoms with Gasteiger partial charge in [0.05, 0.1) is 18.0 Å². The highest BCUT2D eigenvalue weighted by Crippen LogP contribution is 2.26. The van der Waals surface area contributed by atoms with Crippen LogP contribution in [0.2, 0.25) is 0 Å². The van der Waals surface area contributed by atoms with E-state index < -0.39 is 21.7 Å². The highest BCUT2D eigenvalue weighted by Gasteiger charge is 2.28. The Morgan fingerprint density at radius 1 is 1.03 bits per heavy atom. The van der Waals surface area contributed by atoms with Gasteiger partial charge < -0.3 is 5.32 Å². The van der Waals surface area contributed by atoms with Gasteiger partial charge in [0.25, 0.3) is 0 Å². The molecular formula is C22H22F2N4O3S2. The zero-order valence-corrected chi connectivity index (χ0v) is 19.2. The number of amides is 1. The van der Waals surface area contributed by atoms with Crippen LogP contribution in [0, 0.1) is 11.6 Å². The molecule has 4 rings (SSSR count). The molecule has 7 nitrogen and oxygen atoms in total. The predicted octanol–water partition coefficient (Wildman–Crippen LogP) is 3.17. The Labute approximate surface area is 194 Å². The second-order valence-corrected chi connectivity index (χ2v) is 10.5. The van der Waals surface area contributed by atoms with E-state index in [4.69, 9.17) is 0 Å². The molecular weight excluding hydrogens is 470 g/mol. The number of rotatable bonds is 7. The SMILES string of the molecule is O=C(CN1CCN(S(=O)(=O)Cc2ccccc2)CC1)Nc1nc(-c2ccc(F)c(F)c2)cs1. The van der Waals surface area contributed by atoms with Gasteiger partial charge in [-0.25, -0.2) is 22.2 Å². The standard InChI is InChI=1S/C22H22F2N4O3S2/c23-18-7-6-17(12-19(18)24)20-14-32-22(25-20)26-21(29)13-27-8-10-28(11-9-27)33(30,31)15-16-4-2-1-3-5-16/h1-7,12,14H,8-11,13,15H2,(H,25,26,29). The molecule has 0 bridgehead atoms. The Balaban J connectivity index is 1.27. The maximum atomic E-state index is 13.4. The van der Waals surface area contributed by atoms with Gasteiger partial charge in [-0.1, -0.05) is 30.3 Å². The third-order valence-corrected chi connectivity index (χ3v) is 7.86. The molecule has 0 radical (unpaired) electrons. The molecule has 1 N–H and O–H groups in total. The van der Waals surface area contributed by atoms with Crippen LogP contribution < -0.4 is 5.32 Å². The third-order valence-electron chi connectivity index (χ3n) is 5.25. The average Bonchev–Trinajstić information content (AvgIpc) is 3.24. The van der Waals surface area contributed by atoms with Gasteiger partial charge in [0.2, 0.25) is 15.9 Å². The van der Waals surface area contributed by atoms with Crippen LogP contribution in [0.15, 0.2) is 53.9 Å².